The number of nitrogens with zero attached hydrogens (tertiary/aromatic N) is 2. The number of nitrogens with two attached hydrogens (primary N) is 1. The molecule has 0 aromatic carbocycles. The lowest BCUT2D eigenvalue weighted by molar-refractivity contribution is 0.0625. The van der Waals surface area contributed by atoms with Gasteiger partial charge in [-0.25, -0.2) is 4.98 Å². The van der Waals surface area contributed by atoms with Crippen LogP contribution in [0.5, 0.6) is 0 Å². The second-order valence-corrected chi connectivity index (χ2v) is 4.73. The Bertz CT molecular complexity index is 358. The molecule has 0 unspecified atom stereocenters. The molecule has 0 bridgehead atoms. The van der Waals surface area contributed by atoms with E-state index in [2.05, 4.69) is 9.88 Å². The van der Waals surface area contributed by atoms with Gasteiger partial charge < -0.3 is 10.5 Å². The molecule has 0 aliphatic rings. The van der Waals surface area contributed by atoms with Gasteiger partial charge in [-0.05, 0) is 33.0 Å². The molecule has 0 saturated heterocycles. The maximum absolute atomic E-state index is 6.05. The number of pyridine rings is 1. The summed E-state index contributed by atoms with van der Waals surface area (Å²) in [7, 11) is 2.00. The van der Waals surface area contributed by atoms with Crippen molar-refractivity contribution in [3.05, 3.63) is 22.8 Å². The quantitative estimate of drug-likeness (QED) is 0.849. The van der Waals surface area contributed by atoms with Gasteiger partial charge >= 0.3 is 0 Å². The number of halogens is 1. The van der Waals surface area contributed by atoms with Crippen molar-refractivity contribution in [1.82, 2.24) is 9.88 Å². The summed E-state index contributed by atoms with van der Waals surface area (Å²) in [6.07, 6.45) is 0.262. The van der Waals surface area contributed by atoms with Gasteiger partial charge in [0.2, 0.25) is 0 Å². The molecule has 0 aliphatic carbocycles. The third-order valence-corrected chi connectivity index (χ3v) is 2.63. The molecule has 1 aromatic heterocycles. The Morgan fingerprint density at radius 2 is 2.18 bits per heavy atom. The van der Waals surface area contributed by atoms with Crippen molar-refractivity contribution in [1.29, 1.82) is 0 Å². The standard InChI is InChI=1S/C12H20ClN3O/c1-9(2)17-7-6-16(3)8-11-10(13)4-5-12(14)15-11/h4-5,9H,6-8H2,1-3H3,(H2,14,15). The number of likely N-dealkylation sites (N-methyl/N-ethyl adjacent to an activating group) is 1. The van der Waals surface area contributed by atoms with Crippen molar-refractivity contribution in [2.75, 3.05) is 25.9 Å². The molecule has 96 valence electrons. The highest BCUT2D eigenvalue weighted by Crippen LogP contribution is 2.16. The lowest BCUT2D eigenvalue weighted by atomic mass is 10.3. The molecule has 0 aliphatic heterocycles. The fraction of sp³-hybridized carbons (Fsp3) is 0.583. The van der Waals surface area contributed by atoms with Crippen LogP contribution in [0.3, 0.4) is 0 Å². The second-order valence-electron chi connectivity index (χ2n) is 4.32. The van der Waals surface area contributed by atoms with E-state index in [0.717, 1.165) is 12.2 Å². The fourth-order valence-corrected chi connectivity index (χ4v) is 1.56. The first kappa shape index (κ1) is 14.2. The molecule has 0 radical (unpaired) electrons. The van der Waals surface area contributed by atoms with Crippen LogP contribution >= 0.6 is 11.6 Å². The average molecular weight is 258 g/mol. The van der Waals surface area contributed by atoms with Gasteiger partial charge in [-0.15, -0.1) is 0 Å². The Morgan fingerprint density at radius 1 is 1.47 bits per heavy atom. The summed E-state index contributed by atoms with van der Waals surface area (Å²) < 4.78 is 5.48. The van der Waals surface area contributed by atoms with E-state index < -0.39 is 0 Å². The van der Waals surface area contributed by atoms with E-state index in [0.29, 0.717) is 24.0 Å². The van der Waals surface area contributed by atoms with Gasteiger partial charge in [-0.3, -0.25) is 4.90 Å². The fourth-order valence-electron chi connectivity index (χ4n) is 1.39. The van der Waals surface area contributed by atoms with Crippen molar-refractivity contribution in [3.63, 3.8) is 0 Å². The monoisotopic (exact) mass is 257 g/mol. The Balaban J connectivity index is 2.44. The maximum Gasteiger partial charge on any atom is 0.123 e. The SMILES string of the molecule is CC(C)OCCN(C)Cc1nc(N)ccc1Cl. The van der Waals surface area contributed by atoms with E-state index in [1.165, 1.54) is 0 Å². The largest absolute Gasteiger partial charge is 0.384 e. The van der Waals surface area contributed by atoms with E-state index in [-0.39, 0.29) is 6.10 Å². The van der Waals surface area contributed by atoms with E-state index in [1.807, 2.05) is 20.9 Å². The van der Waals surface area contributed by atoms with E-state index in [1.54, 1.807) is 12.1 Å². The van der Waals surface area contributed by atoms with Crippen LogP contribution in [-0.2, 0) is 11.3 Å². The summed E-state index contributed by atoms with van der Waals surface area (Å²) >= 11 is 6.05. The summed E-state index contributed by atoms with van der Waals surface area (Å²) in [4.78, 5) is 6.33. The third kappa shape index (κ3) is 5.35. The number of rotatable bonds is 6. The van der Waals surface area contributed by atoms with Crippen LogP contribution in [0.25, 0.3) is 0 Å². The maximum atomic E-state index is 6.05. The normalized spacial score (nSPS) is 11.4. The Hall–Kier alpha value is -0.840. The van der Waals surface area contributed by atoms with Crippen LogP contribution in [-0.4, -0.2) is 36.2 Å². The molecule has 2 N–H and O–H groups in total. The number of hydrogen-bond acceptors (Lipinski definition) is 4. The molecule has 1 aromatic rings. The Labute approximate surface area is 108 Å². The number of aromatic nitrogens is 1. The molecule has 5 heteroatoms. The highest BCUT2D eigenvalue weighted by Gasteiger charge is 2.07. The van der Waals surface area contributed by atoms with Gasteiger partial charge in [0.25, 0.3) is 0 Å². The lowest BCUT2D eigenvalue weighted by Crippen LogP contribution is -2.24. The minimum absolute atomic E-state index is 0.262. The summed E-state index contributed by atoms with van der Waals surface area (Å²) in [5.41, 5.74) is 6.43. The number of anilines is 1. The molecule has 0 fully saturated rings. The topological polar surface area (TPSA) is 51.4 Å². The summed E-state index contributed by atoms with van der Waals surface area (Å²) in [6, 6.07) is 3.48. The third-order valence-electron chi connectivity index (χ3n) is 2.28. The van der Waals surface area contributed by atoms with E-state index in [9.17, 15) is 0 Å². The van der Waals surface area contributed by atoms with Gasteiger partial charge in [0.15, 0.2) is 0 Å². The zero-order chi connectivity index (χ0) is 12.8. The molecule has 1 heterocycles. The van der Waals surface area contributed by atoms with Crippen LogP contribution in [0.2, 0.25) is 5.02 Å². The summed E-state index contributed by atoms with van der Waals surface area (Å²) in [6.45, 7) is 6.26. The minimum atomic E-state index is 0.262. The van der Waals surface area contributed by atoms with Crippen LogP contribution in [0.15, 0.2) is 12.1 Å². The first-order valence-electron chi connectivity index (χ1n) is 5.70. The van der Waals surface area contributed by atoms with Crippen molar-refractivity contribution in [3.8, 4) is 0 Å². The van der Waals surface area contributed by atoms with Gasteiger partial charge in [0.1, 0.15) is 5.82 Å². The molecule has 4 nitrogen and oxygen atoms in total. The molecular weight excluding hydrogens is 238 g/mol. The van der Waals surface area contributed by atoms with Crippen LogP contribution < -0.4 is 5.73 Å². The van der Waals surface area contributed by atoms with Gasteiger partial charge in [0, 0.05) is 13.1 Å². The van der Waals surface area contributed by atoms with Crippen LogP contribution in [0, 0.1) is 0 Å². The first-order chi connectivity index (χ1) is 7.99. The number of hydrogen-bond donors (Lipinski definition) is 1. The molecule has 0 amide bonds. The molecule has 1 rings (SSSR count). The molecule has 0 atom stereocenters. The zero-order valence-corrected chi connectivity index (χ0v) is 11.4. The van der Waals surface area contributed by atoms with Crippen molar-refractivity contribution >= 4 is 17.4 Å². The smallest absolute Gasteiger partial charge is 0.123 e. The zero-order valence-electron chi connectivity index (χ0n) is 10.6. The highest BCUT2D eigenvalue weighted by molar-refractivity contribution is 6.31. The van der Waals surface area contributed by atoms with Gasteiger partial charge in [-0.2, -0.15) is 0 Å². The highest BCUT2D eigenvalue weighted by atomic mass is 35.5. The Morgan fingerprint density at radius 3 is 2.82 bits per heavy atom. The number of ether oxygens (including phenoxy) is 1. The van der Waals surface area contributed by atoms with Crippen LogP contribution in [0.1, 0.15) is 19.5 Å². The van der Waals surface area contributed by atoms with E-state index in [4.69, 9.17) is 22.1 Å². The van der Waals surface area contributed by atoms with E-state index >= 15 is 0 Å². The molecular formula is C12H20ClN3O. The van der Waals surface area contributed by atoms with Gasteiger partial charge in [0.05, 0.1) is 23.4 Å². The van der Waals surface area contributed by atoms with Crippen LogP contribution in [0.4, 0.5) is 5.82 Å². The Kier molecular flexibility index (Phi) is 5.68. The lowest BCUT2D eigenvalue weighted by Gasteiger charge is -2.17. The first-order valence-corrected chi connectivity index (χ1v) is 6.08. The molecule has 0 spiro atoms. The predicted octanol–water partition coefficient (Wildman–Crippen LogP) is 2.17. The van der Waals surface area contributed by atoms with Gasteiger partial charge in [-0.1, -0.05) is 11.6 Å². The second kappa shape index (κ2) is 6.79. The van der Waals surface area contributed by atoms with Crippen molar-refractivity contribution in [2.24, 2.45) is 0 Å². The predicted molar refractivity (Wildman–Crippen MR) is 71.1 cm³/mol. The average Bonchev–Trinajstić information content (AvgIpc) is 2.23. The van der Waals surface area contributed by atoms with Crippen molar-refractivity contribution in [2.45, 2.75) is 26.5 Å². The summed E-state index contributed by atoms with van der Waals surface area (Å²) in [5, 5.41) is 0.649. The molecule has 0 saturated carbocycles. The summed E-state index contributed by atoms with van der Waals surface area (Å²) in [5.74, 6) is 0.497. The number of nitrogen functional groups attached to an aromatic ring is 1. The van der Waals surface area contributed by atoms with Crippen molar-refractivity contribution < 1.29 is 4.74 Å². The minimum Gasteiger partial charge on any atom is -0.384 e. The molecule has 17 heavy (non-hydrogen) atoms.